The lowest BCUT2D eigenvalue weighted by atomic mass is 10.1. The lowest BCUT2D eigenvalue weighted by Crippen LogP contribution is -2.51. The summed E-state index contributed by atoms with van der Waals surface area (Å²) in [7, 11) is 0. The Balaban J connectivity index is 1.88. The molecule has 20 heavy (non-hydrogen) atoms. The highest BCUT2D eigenvalue weighted by molar-refractivity contribution is 6.00. The number of aromatic nitrogens is 2. The molecule has 3 heterocycles. The van der Waals surface area contributed by atoms with Crippen LogP contribution in [-0.4, -0.2) is 52.3 Å². The van der Waals surface area contributed by atoms with Gasteiger partial charge in [-0.05, 0) is 19.1 Å². The minimum atomic E-state index is -0.0930. The van der Waals surface area contributed by atoms with Gasteiger partial charge < -0.3 is 15.4 Å². The van der Waals surface area contributed by atoms with Gasteiger partial charge in [-0.15, -0.1) is 0 Å². The van der Waals surface area contributed by atoms with E-state index in [2.05, 4.69) is 5.10 Å². The molecule has 2 aromatic rings. The zero-order chi connectivity index (χ0) is 14.1. The summed E-state index contributed by atoms with van der Waals surface area (Å²) in [4.78, 5) is 14.5. The first-order chi connectivity index (χ1) is 9.69. The molecule has 1 aliphatic rings. The van der Waals surface area contributed by atoms with Gasteiger partial charge in [0.25, 0.3) is 5.91 Å². The molecule has 0 radical (unpaired) electrons. The van der Waals surface area contributed by atoms with E-state index in [4.69, 9.17) is 10.5 Å². The van der Waals surface area contributed by atoms with Crippen molar-refractivity contribution in [2.45, 2.75) is 19.1 Å². The fraction of sp³-hybridized carbons (Fsp3) is 0.429. The molecule has 2 unspecified atom stereocenters. The van der Waals surface area contributed by atoms with Crippen LogP contribution in [0, 0.1) is 0 Å². The third-order valence-electron chi connectivity index (χ3n) is 3.53. The quantitative estimate of drug-likeness (QED) is 0.866. The number of ether oxygens (including phenoxy) is 1. The Morgan fingerprint density at radius 3 is 3.15 bits per heavy atom. The van der Waals surface area contributed by atoms with Gasteiger partial charge in [-0.3, -0.25) is 4.79 Å². The van der Waals surface area contributed by atoms with Crippen molar-refractivity contribution in [3.8, 4) is 0 Å². The maximum absolute atomic E-state index is 12.7. The molecule has 1 saturated heterocycles. The standard InChI is InChI=1S/C14H18N4O2/c1-10-8-17(9-11(6-15)20-10)14(19)12-7-16-18-5-3-2-4-13(12)18/h2-5,7,10-11H,6,8-9,15H2,1H3. The van der Waals surface area contributed by atoms with Crippen LogP contribution in [0.25, 0.3) is 5.52 Å². The molecule has 0 aliphatic carbocycles. The highest BCUT2D eigenvalue weighted by Gasteiger charge is 2.29. The molecule has 1 amide bonds. The first-order valence-electron chi connectivity index (χ1n) is 6.76. The first kappa shape index (κ1) is 13.1. The molecule has 2 N–H and O–H groups in total. The van der Waals surface area contributed by atoms with Crippen LogP contribution in [0.4, 0.5) is 0 Å². The summed E-state index contributed by atoms with van der Waals surface area (Å²) in [6.45, 7) is 3.49. The second kappa shape index (κ2) is 5.22. The zero-order valence-electron chi connectivity index (χ0n) is 11.4. The summed E-state index contributed by atoms with van der Waals surface area (Å²) < 4.78 is 7.39. The van der Waals surface area contributed by atoms with Crippen molar-refractivity contribution < 1.29 is 9.53 Å². The largest absolute Gasteiger partial charge is 0.370 e. The third kappa shape index (κ3) is 2.28. The van der Waals surface area contributed by atoms with Gasteiger partial charge in [-0.1, -0.05) is 6.07 Å². The van der Waals surface area contributed by atoms with Crippen LogP contribution < -0.4 is 5.73 Å². The van der Waals surface area contributed by atoms with E-state index in [0.29, 0.717) is 25.2 Å². The molecule has 6 heteroatoms. The van der Waals surface area contributed by atoms with E-state index in [-0.39, 0.29) is 18.1 Å². The molecular weight excluding hydrogens is 256 g/mol. The summed E-state index contributed by atoms with van der Waals surface area (Å²) in [5.74, 6) is -0.0141. The highest BCUT2D eigenvalue weighted by atomic mass is 16.5. The Labute approximate surface area is 117 Å². The highest BCUT2D eigenvalue weighted by Crippen LogP contribution is 2.17. The summed E-state index contributed by atoms with van der Waals surface area (Å²) in [6, 6.07) is 5.68. The van der Waals surface area contributed by atoms with E-state index in [1.54, 1.807) is 15.6 Å². The monoisotopic (exact) mass is 274 g/mol. The van der Waals surface area contributed by atoms with Crippen molar-refractivity contribution in [3.63, 3.8) is 0 Å². The second-order valence-corrected chi connectivity index (χ2v) is 5.10. The third-order valence-corrected chi connectivity index (χ3v) is 3.53. The molecule has 6 nitrogen and oxygen atoms in total. The molecule has 1 aliphatic heterocycles. The van der Waals surface area contributed by atoms with Gasteiger partial charge in [-0.2, -0.15) is 5.10 Å². The van der Waals surface area contributed by atoms with Gasteiger partial charge in [0.2, 0.25) is 0 Å². The number of fused-ring (bicyclic) bond motifs is 1. The number of carbonyl (C=O) groups is 1. The average Bonchev–Trinajstić information content (AvgIpc) is 2.89. The Hall–Kier alpha value is -1.92. The van der Waals surface area contributed by atoms with Gasteiger partial charge in [0, 0.05) is 25.8 Å². The number of morpholine rings is 1. The van der Waals surface area contributed by atoms with Crippen LogP contribution in [0.1, 0.15) is 17.3 Å². The Morgan fingerprint density at radius 1 is 1.50 bits per heavy atom. The Kier molecular flexibility index (Phi) is 3.42. The normalized spacial score (nSPS) is 23.2. The molecule has 0 spiro atoms. The number of rotatable bonds is 2. The van der Waals surface area contributed by atoms with E-state index >= 15 is 0 Å². The minimum absolute atomic E-state index is 0.00286. The number of nitrogens with two attached hydrogens (primary N) is 1. The lowest BCUT2D eigenvalue weighted by Gasteiger charge is -2.36. The van der Waals surface area contributed by atoms with Crippen LogP contribution in [0.15, 0.2) is 30.6 Å². The van der Waals surface area contributed by atoms with Crippen LogP contribution >= 0.6 is 0 Å². The Bertz CT molecular complexity index is 624. The SMILES string of the molecule is CC1CN(C(=O)c2cnn3ccccc23)CC(CN)O1. The molecule has 106 valence electrons. The number of hydrogen-bond donors (Lipinski definition) is 1. The minimum Gasteiger partial charge on any atom is -0.370 e. The number of hydrogen-bond acceptors (Lipinski definition) is 4. The molecule has 0 aromatic carbocycles. The van der Waals surface area contributed by atoms with E-state index in [1.165, 1.54) is 0 Å². The molecule has 2 aromatic heterocycles. The van der Waals surface area contributed by atoms with Gasteiger partial charge >= 0.3 is 0 Å². The second-order valence-electron chi connectivity index (χ2n) is 5.10. The fourth-order valence-corrected chi connectivity index (χ4v) is 2.61. The summed E-state index contributed by atoms with van der Waals surface area (Å²) in [5.41, 5.74) is 7.10. The van der Waals surface area contributed by atoms with Crippen LogP contribution in [-0.2, 0) is 4.74 Å². The number of amides is 1. The Morgan fingerprint density at radius 2 is 2.35 bits per heavy atom. The predicted octanol–water partition coefficient (Wildman–Crippen LogP) is 0.523. The van der Waals surface area contributed by atoms with Crippen molar-refractivity contribution in [1.82, 2.24) is 14.5 Å². The van der Waals surface area contributed by atoms with E-state index in [1.807, 2.05) is 31.3 Å². The maximum atomic E-state index is 12.7. The van der Waals surface area contributed by atoms with E-state index in [0.717, 1.165) is 5.52 Å². The molecule has 2 atom stereocenters. The number of pyridine rings is 1. The van der Waals surface area contributed by atoms with Gasteiger partial charge in [0.1, 0.15) is 0 Å². The number of carbonyl (C=O) groups excluding carboxylic acids is 1. The van der Waals surface area contributed by atoms with Gasteiger partial charge in [0.15, 0.2) is 0 Å². The van der Waals surface area contributed by atoms with Gasteiger partial charge in [-0.25, -0.2) is 4.52 Å². The maximum Gasteiger partial charge on any atom is 0.257 e. The average molecular weight is 274 g/mol. The number of nitrogens with zero attached hydrogens (tertiary/aromatic N) is 3. The van der Waals surface area contributed by atoms with Crippen LogP contribution in [0.2, 0.25) is 0 Å². The zero-order valence-corrected chi connectivity index (χ0v) is 11.4. The molecular formula is C14H18N4O2. The summed E-state index contributed by atoms with van der Waals surface area (Å²) >= 11 is 0. The van der Waals surface area contributed by atoms with E-state index in [9.17, 15) is 4.79 Å². The fourth-order valence-electron chi connectivity index (χ4n) is 2.61. The first-order valence-corrected chi connectivity index (χ1v) is 6.76. The molecule has 0 bridgehead atoms. The van der Waals surface area contributed by atoms with Crippen molar-refractivity contribution in [2.75, 3.05) is 19.6 Å². The predicted molar refractivity (Wildman–Crippen MR) is 74.5 cm³/mol. The summed E-state index contributed by atoms with van der Waals surface area (Å²) in [5, 5.41) is 4.21. The van der Waals surface area contributed by atoms with Crippen molar-refractivity contribution in [1.29, 1.82) is 0 Å². The van der Waals surface area contributed by atoms with Crippen molar-refractivity contribution in [3.05, 3.63) is 36.2 Å². The van der Waals surface area contributed by atoms with Crippen LogP contribution in [0.3, 0.4) is 0 Å². The summed E-state index contributed by atoms with van der Waals surface area (Å²) in [6.07, 6.45) is 3.36. The molecule has 0 saturated carbocycles. The smallest absolute Gasteiger partial charge is 0.257 e. The molecule has 3 rings (SSSR count). The van der Waals surface area contributed by atoms with E-state index < -0.39 is 0 Å². The topological polar surface area (TPSA) is 72.9 Å². The van der Waals surface area contributed by atoms with Crippen molar-refractivity contribution >= 4 is 11.4 Å². The molecule has 1 fully saturated rings. The van der Waals surface area contributed by atoms with Crippen molar-refractivity contribution in [2.24, 2.45) is 5.73 Å². The van der Waals surface area contributed by atoms with Gasteiger partial charge in [0.05, 0.1) is 29.5 Å². The van der Waals surface area contributed by atoms with Crippen LogP contribution in [0.5, 0.6) is 0 Å². The lowest BCUT2D eigenvalue weighted by molar-refractivity contribution is -0.0625.